The molecule has 0 amide bonds. The monoisotopic (exact) mass is 291 g/mol. The van der Waals surface area contributed by atoms with Gasteiger partial charge < -0.3 is 20.5 Å². The minimum atomic E-state index is 0.247. The molecule has 5 nitrogen and oxygen atoms in total. The first-order chi connectivity index (χ1) is 10.2. The second kappa shape index (κ2) is 6.54. The standard InChI is InChI=1S/C16H25N3O2/c1-2-20-15-7-12(17)6-13(8-15)18-9-16-10-19-5-3-4-14(19)11-21-16/h6-8,14,16,18H,2-5,9-11,17H2,1H3. The summed E-state index contributed by atoms with van der Waals surface area (Å²) in [6, 6.07) is 6.42. The van der Waals surface area contributed by atoms with Crippen LogP contribution < -0.4 is 15.8 Å². The van der Waals surface area contributed by atoms with Gasteiger partial charge in [-0.15, -0.1) is 0 Å². The number of hydrogen-bond acceptors (Lipinski definition) is 5. The van der Waals surface area contributed by atoms with Gasteiger partial charge in [0.2, 0.25) is 0 Å². The molecule has 0 bridgehead atoms. The number of nitrogens with zero attached hydrogens (tertiary/aromatic N) is 1. The van der Waals surface area contributed by atoms with Gasteiger partial charge in [-0.2, -0.15) is 0 Å². The summed E-state index contributed by atoms with van der Waals surface area (Å²) in [4.78, 5) is 2.56. The van der Waals surface area contributed by atoms with Crippen molar-refractivity contribution in [3.05, 3.63) is 18.2 Å². The van der Waals surface area contributed by atoms with Gasteiger partial charge in [0.25, 0.3) is 0 Å². The Labute approximate surface area is 126 Å². The fourth-order valence-corrected chi connectivity index (χ4v) is 3.21. The highest BCUT2D eigenvalue weighted by Gasteiger charge is 2.31. The first kappa shape index (κ1) is 14.5. The van der Waals surface area contributed by atoms with Gasteiger partial charge in [0.1, 0.15) is 5.75 Å². The number of rotatable bonds is 5. The van der Waals surface area contributed by atoms with E-state index in [0.717, 1.165) is 31.1 Å². The summed E-state index contributed by atoms with van der Waals surface area (Å²) in [6.45, 7) is 6.53. The topological polar surface area (TPSA) is 59.8 Å². The normalized spacial score (nSPS) is 25.6. The van der Waals surface area contributed by atoms with Crippen LogP contribution in [-0.2, 0) is 4.74 Å². The Morgan fingerprint density at radius 2 is 2.33 bits per heavy atom. The smallest absolute Gasteiger partial charge is 0.123 e. The van der Waals surface area contributed by atoms with Crippen molar-refractivity contribution in [2.24, 2.45) is 0 Å². The second-order valence-corrected chi connectivity index (χ2v) is 5.85. The summed E-state index contributed by atoms with van der Waals surface area (Å²) in [7, 11) is 0. The largest absolute Gasteiger partial charge is 0.494 e. The van der Waals surface area contributed by atoms with E-state index in [1.54, 1.807) is 0 Å². The molecular formula is C16H25N3O2. The zero-order valence-electron chi connectivity index (χ0n) is 12.7. The van der Waals surface area contributed by atoms with Crippen molar-refractivity contribution < 1.29 is 9.47 Å². The lowest BCUT2D eigenvalue weighted by Crippen LogP contribution is -2.48. The van der Waals surface area contributed by atoms with Crippen molar-refractivity contribution >= 4 is 11.4 Å². The summed E-state index contributed by atoms with van der Waals surface area (Å²) in [6.07, 6.45) is 2.84. The van der Waals surface area contributed by atoms with Gasteiger partial charge in [0, 0.05) is 42.6 Å². The second-order valence-electron chi connectivity index (χ2n) is 5.85. The predicted molar refractivity (Wildman–Crippen MR) is 84.8 cm³/mol. The summed E-state index contributed by atoms with van der Waals surface area (Å²) < 4.78 is 11.5. The van der Waals surface area contributed by atoms with Crippen molar-refractivity contribution in [1.82, 2.24) is 4.90 Å². The summed E-state index contributed by atoms with van der Waals surface area (Å²) in [5.41, 5.74) is 7.62. The Kier molecular flexibility index (Phi) is 4.51. The molecule has 2 saturated heterocycles. The molecule has 2 unspecified atom stereocenters. The molecule has 116 valence electrons. The van der Waals surface area contributed by atoms with Gasteiger partial charge in [0.05, 0.1) is 19.3 Å². The van der Waals surface area contributed by atoms with Crippen LogP contribution in [0.25, 0.3) is 0 Å². The molecule has 2 aliphatic rings. The molecular weight excluding hydrogens is 266 g/mol. The van der Waals surface area contributed by atoms with Crippen LogP contribution in [0.4, 0.5) is 11.4 Å². The third-order valence-electron chi connectivity index (χ3n) is 4.24. The van der Waals surface area contributed by atoms with Crippen LogP contribution in [-0.4, -0.2) is 49.9 Å². The number of fused-ring (bicyclic) bond motifs is 1. The van der Waals surface area contributed by atoms with Crippen LogP contribution in [0, 0.1) is 0 Å². The molecule has 0 radical (unpaired) electrons. The van der Waals surface area contributed by atoms with E-state index in [2.05, 4.69) is 10.2 Å². The SMILES string of the molecule is CCOc1cc(N)cc(NCC2CN3CCCC3CO2)c1. The van der Waals surface area contributed by atoms with E-state index in [4.69, 9.17) is 15.2 Å². The van der Waals surface area contributed by atoms with Gasteiger partial charge in [-0.05, 0) is 32.4 Å². The maximum atomic E-state index is 5.95. The van der Waals surface area contributed by atoms with Crippen LogP contribution in [0.15, 0.2) is 18.2 Å². The van der Waals surface area contributed by atoms with Crippen molar-refractivity contribution in [2.45, 2.75) is 31.9 Å². The molecule has 2 heterocycles. The third kappa shape index (κ3) is 3.60. The Morgan fingerprint density at radius 3 is 3.19 bits per heavy atom. The van der Waals surface area contributed by atoms with Crippen LogP contribution >= 0.6 is 0 Å². The number of morpholine rings is 1. The highest BCUT2D eigenvalue weighted by Crippen LogP contribution is 2.25. The zero-order chi connectivity index (χ0) is 14.7. The lowest BCUT2D eigenvalue weighted by atomic mass is 10.2. The number of nitrogen functional groups attached to an aromatic ring is 1. The minimum Gasteiger partial charge on any atom is -0.494 e. The van der Waals surface area contributed by atoms with E-state index < -0.39 is 0 Å². The summed E-state index contributed by atoms with van der Waals surface area (Å²) >= 11 is 0. The Bertz CT molecular complexity index is 481. The van der Waals surface area contributed by atoms with E-state index in [1.807, 2.05) is 25.1 Å². The van der Waals surface area contributed by atoms with E-state index in [1.165, 1.54) is 19.4 Å². The molecule has 3 rings (SSSR count). The highest BCUT2D eigenvalue weighted by molar-refractivity contribution is 5.59. The molecule has 1 aromatic carbocycles. The number of hydrogen-bond donors (Lipinski definition) is 2. The van der Waals surface area contributed by atoms with E-state index in [9.17, 15) is 0 Å². The van der Waals surface area contributed by atoms with E-state index in [0.29, 0.717) is 18.3 Å². The van der Waals surface area contributed by atoms with Crippen LogP contribution in [0.2, 0.25) is 0 Å². The number of anilines is 2. The Balaban J connectivity index is 1.55. The molecule has 1 aromatic rings. The molecule has 0 aromatic heterocycles. The molecule has 21 heavy (non-hydrogen) atoms. The van der Waals surface area contributed by atoms with Crippen molar-refractivity contribution in [1.29, 1.82) is 0 Å². The average Bonchev–Trinajstić information content (AvgIpc) is 2.92. The van der Waals surface area contributed by atoms with Crippen LogP contribution in [0.1, 0.15) is 19.8 Å². The summed E-state index contributed by atoms with van der Waals surface area (Å²) in [5.74, 6) is 0.809. The van der Waals surface area contributed by atoms with Gasteiger partial charge in [0.15, 0.2) is 0 Å². The van der Waals surface area contributed by atoms with Crippen molar-refractivity contribution in [3.8, 4) is 5.75 Å². The van der Waals surface area contributed by atoms with Gasteiger partial charge in [-0.3, -0.25) is 4.90 Å². The molecule has 5 heteroatoms. The molecule has 3 N–H and O–H groups in total. The first-order valence-corrected chi connectivity index (χ1v) is 7.87. The van der Waals surface area contributed by atoms with Crippen LogP contribution in [0.5, 0.6) is 5.75 Å². The van der Waals surface area contributed by atoms with E-state index >= 15 is 0 Å². The first-order valence-electron chi connectivity index (χ1n) is 7.87. The fourth-order valence-electron chi connectivity index (χ4n) is 3.21. The Hall–Kier alpha value is -1.46. The molecule has 2 fully saturated rings. The Morgan fingerprint density at radius 1 is 1.43 bits per heavy atom. The highest BCUT2D eigenvalue weighted by atomic mass is 16.5. The molecule has 0 saturated carbocycles. The fraction of sp³-hybridized carbons (Fsp3) is 0.625. The molecule has 2 aliphatic heterocycles. The molecule has 0 spiro atoms. The average molecular weight is 291 g/mol. The van der Waals surface area contributed by atoms with Crippen molar-refractivity contribution in [3.63, 3.8) is 0 Å². The maximum absolute atomic E-state index is 5.95. The molecule has 2 atom stereocenters. The number of benzene rings is 1. The van der Waals surface area contributed by atoms with Gasteiger partial charge in [-0.1, -0.05) is 0 Å². The predicted octanol–water partition coefficient (Wildman–Crippen LogP) is 1.94. The lowest BCUT2D eigenvalue weighted by Gasteiger charge is -2.35. The third-order valence-corrected chi connectivity index (χ3v) is 4.24. The lowest BCUT2D eigenvalue weighted by molar-refractivity contribution is -0.0415. The molecule has 0 aliphatic carbocycles. The number of nitrogens with one attached hydrogen (secondary N) is 1. The van der Waals surface area contributed by atoms with Gasteiger partial charge in [-0.25, -0.2) is 0 Å². The number of nitrogens with two attached hydrogens (primary N) is 1. The zero-order valence-corrected chi connectivity index (χ0v) is 12.7. The minimum absolute atomic E-state index is 0.247. The van der Waals surface area contributed by atoms with E-state index in [-0.39, 0.29) is 6.10 Å². The number of ether oxygens (including phenoxy) is 2. The van der Waals surface area contributed by atoms with Gasteiger partial charge >= 0.3 is 0 Å². The van der Waals surface area contributed by atoms with Crippen LogP contribution in [0.3, 0.4) is 0 Å². The maximum Gasteiger partial charge on any atom is 0.123 e. The van der Waals surface area contributed by atoms with Crippen molar-refractivity contribution in [2.75, 3.05) is 43.9 Å². The summed E-state index contributed by atoms with van der Waals surface area (Å²) in [5, 5.41) is 3.42. The quantitative estimate of drug-likeness (QED) is 0.812.